The molecule has 1 saturated heterocycles. The predicted octanol–water partition coefficient (Wildman–Crippen LogP) is 2.63. The third-order valence-corrected chi connectivity index (χ3v) is 3.08. The van der Waals surface area contributed by atoms with Crippen LogP contribution in [0.1, 0.15) is 18.4 Å². The summed E-state index contributed by atoms with van der Waals surface area (Å²) in [5, 5.41) is 0. The van der Waals surface area contributed by atoms with Crippen LogP contribution >= 0.6 is 11.6 Å². The van der Waals surface area contributed by atoms with E-state index in [4.69, 9.17) is 21.1 Å². The lowest BCUT2D eigenvalue weighted by Crippen LogP contribution is -2.21. The molecule has 1 aromatic rings. The van der Waals surface area contributed by atoms with Crippen molar-refractivity contribution in [3.63, 3.8) is 0 Å². The van der Waals surface area contributed by atoms with E-state index in [0.29, 0.717) is 24.3 Å². The number of hydrogen-bond acceptors (Lipinski definition) is 3. The van der Waals surface area contributed by atoms with Crippen LogP contribution in [0.25, 0.3) is 0 Å². The molecule has 0 bridgehead atoms. The van der Waals surface area contributed by atoms with Crippen molar-refractivity contribution in [2.75, 3.05) is 19.8 Å². The van der Waals surface area contributed by atoms with Gasteiger partial charge < -0.3 is 9.47 Å². The van der Waals surface area contributed by atoms with Crippen LogP contribution in [0.5, 0.6) is 5.88 Å². The lowest BCUT2D eigenvalue weighted by atomic mass is 10.0. The molecule has 4 heteroatoms. The summed E-state index contributed by atoms with van der Waals surface area (Å²) in [6, 6.07) is 3.82. The number of halogens is 1. The van der Waals surface area contributed by atoms with Gasteiger partial charge in [0.2, 0.25) is 5.88 Å². The van der Waals surface area contributed by atoms with Gasteiger partial charge in [0, 0.05) is 25.0 Å². The summed E-state index contributed by atoms with van der Waals surface area (Å²) in [5.41, 5.74) is 0.955. The molecule has 0 amide bonds. The van der Waals surface area contributed by atoms with E-state index in [1.165, 1.54) is 0 Å². The summed E-state index contributed by atoms with van der Waals surface area (Å²) < 4.78 is 11.0. The SMILES string of the molecule is ClCc1cccnc1OCC1CCOCC1. The van der Waals surface area contributed by atoms with E-state index in [1.54, 1.807) is 6.20 Å². The second-order valence-corrected chi connectivity index (χ2v) is 4.24. The Labute approximate surface area is 101 Å². The largest absolute Gasteiger partial charge is 0.477 e. The van der Waals surface area contributed by atoms with Crippen LogP contribution in [0.2, 0.25) is 0 Å². The summed E-state index contributed by atoms with van der Waals surface area (Å²) >= 11 is 5.81. The van der Waals surface area contributed by atoms with E-state index in [-0.39, 0.29) is 0 Å². The van der Waals surface area contributed by atoms with Gasteiger partial charge in [-0.1, -0.05) is 6.07 Å². The average molecular weight is 242 g/mol. The van der Waals surface area contributed by atoms with Crippen LogP contribution < -0.4 is 4.74 Å². The molecule has 0 unspecified atom stereocenters. The first-order valence-electron chi connectivity index (χ1n) is 5.60. The predicted molar refractivity (Wildman–Crippen MR) is 62.8 cm³/mol. The molecule has 0 saturated carbocycles. The topological polar surface area (TPSA) is 31.4 Å². The third-order valence-electron chi connectivity index (χ3n) is 2.79. The Morgan fingerprint density at radius 1 is 1.44 bits per heavy atom. The van der Waals surface area contributed by atoms with E-state index in [1.807, 2.05) is 12.1 Å². The molecule has 16 heavy (non-hydrogen) atoms. The van der Waals surface area contributed by atoms with Gasteiger partial charge in [-0.2, -0.15) is 0 Å². The van der Waals surface area contributed by atoms with Crippen molar-refractivity contribution in [1.82, 2.24) is 4.98 Å². The van der Waals surface area contributed by atoms with E-state index in [0.717, 1.165) is 31.6 Å². The smallest absolute Gasteiger partial charge is 0.217 e. The molecule has 0 radical (unpaired) electrons. The minimum absolute atomic E-state index is 0.441. The van der Waals surface area contributed by atoms with Crippen LogP contribution in [-0.4, -0.2) is 24.8 Å². The van der Waals surface area contributed by atoms with Crippen molar-refractivity contribution in [2.24, 2.45) is 5.92 Å². The second kappa shape index (κ2) is 6.06. The average Bonchev–Trinajstić information content (AvgIpc) is 2.38. The van der Waals surface area contributed by atoms with Crippen molar-refractivity contribution in [3.05, 3.63) is 23.9 Å². The van der Waals surface area contributed by atoms with Gasteiger partial charge in [0.15, 0.2) is 0 Å². The number of nitrogens with zero attached hydrogens (tertiary/aromatic N) is 1. The molecule has 0 aliphatic carbocycles. The fraction of sp³-hybridized carbons (Fsp3) is 0.583. The summed E-state index contributed by atoms with van der Waals surface area (Å²) in [4.78, 5) is 4.20. The van der Waals surface area contributed by atoms with Gasteiger partial charge >= 0.3 is 0 Å². The van der Waals surface area contributed by atoms with Gasteiger partial charge in [-0.3, -0.25) is 0 Å². The van der Waals surface area contributed by atoms with Crippen molar-refractivity contribution < 1.29 is 9.47 Å². The molecular formula is C12H16ClNO2. The maximum atomic E-state index is 5.81. The first-order chi connectivity index (χ1) is 7.90. The highest BCUT2D eigenvalue weighted by molar-refractivity contribution is 6.17. The van der Waals surface area contributed by atoms with Crippen LogP contribution in [0, 0.1) is 5.92 Å². The summed E-state index contributed by atoms with van der Waals surface area (Å²) in [6.45, 7) is 2.40. The Morgan fingerprint density at radius 3 is 3.00 bits per heavy atom. The fourth-order valence-electron chi connectivity index (χ4n) is 1.77. The minimum Gasteiger partial charge on any atom is -0.477 e. The zero-order chi connectivity index (χ0) is 11.2. The molecule has 2 heterocycles. The molecule has 0 N–H and O–H groups in total. The normalized spacial score (nSPS) is 17.3. The lowest BCUT2D eigenvalue weighted by molar-refractivity contribution is 0.0489. The zero-order valence-electron chi connectivity index (χ0n) is 9.19. The van der Waals surface area contributed by atoms with E-state index >= 15 is 0 Å². The van der Waals surface area contributed by atoms with Crippen molar-refractivity contribution in [1.29, 1.82) is 0 Å². The van der Waals surface area contributed by atoms with Crippen LogP contribution in [0.3, 0.4) is 0 Å². The Morgan fingerprint density at radius 2 is 2.25 bits per heavy atom. The van der Waals surface area contributed by atoms with Crippen LogP contribution in [0.4, 0.5) is 0 Å². The van der Waals surface area contributed by atoms with E-state index in [2.05, 4.69) is 4.98 Å². The Hall–Kier alpha value is -0.800. The maximum absolute atomic E-state index is 5.81. The fourth-order valence-corrected chi connectivity index (χ4v) is 1.97. The Balaban J connectivity index is 1.88. The van der Waals surface area contributed by atoms with Gasteiger partial charge in [-0.25, -0.2) is 4.98 Å². The first-order valence-corrected chi connectivity index (χ1v) is 6.14. The molecule has 1 aliphatic heterocycles. The molecule has 1 aliphatic rings. The van der Waals surface area contributed by atoms with Crippen molar-refractivity contribution >= 4 is 11.6 Å². The molecule has 3 nitrogen and oxygen atoms in total. The quantitative estimate of drug-likeness (QED) is 0.760. The molecule has 1 fully saturated rings. The third kappa shape index (κ3) is 3.09. The Kier molecular flexibility index (Phi) is 4.43. The minimum atomic E-state index is 0.441. The number of rotatable bonds is 4. The second-order valence-electron chi connectivity index (χ2n) is 3.97. The standard InChI is InChI=1S/C12H16ClNO2/c13-8-11-2-1-5-14-12(11)16-9-10-3-6-15-7-4-10/h1-2,5,10H,3-4,6-9H2. The molecule has 0 aromatic carbocycles. The van der Waals surface area contributed by atoms with Gasteiger partial charge in [0.1, 0.15) is 0 Å². The van der Waals surface area contributed by atoms with Gasteiger partial charge in [-0.05, 0) is 24.8 Å². The number of hydrogen-bond donors (Lipinski definition) is 0. The number of pyridine rings is 1. The van der Waals surface area contributed by atoms with Crippen molar-refractivity contribution in [3.8, 4) is 5.88 Å². The van der Waals surface area contributed by atoms with E-state index in [9.17, 15) is 0 Å². The number of ether oxygens (including phenoxy) is 2. The monoisotopic (exact) mass is 241 g/mol. The molecule has 1 aromatic heterocycles. The van der Waals surface area contributed by atoms with Crippen molar-refractivity contribution in [2.45, 2.75) is 18.7 Å². The molecule has 88 valence electrons. The molecule has 2 rings (SSSR count). The number of aromatic nitrogens is 1. The first kappa shape index (κ1) is 11.7. The van der Waals surface area contributed by atoms with Gasteiger partial charge in [-0.15, -0.1) is 11.6 Å². The highest BCUT2D eigenvalue weighted by Gasteiger charge is 2.15. The van der Waals surface area contributed by atoms with Gasteiger partial charge in [0.05, 0.1) is 12.5 Å². The summed E-state index contributed by atoms with van der Waals surface area (Å²) in [5.74, 6) is 1.69. The van der Waals surface area contributed by atoms with E-state index < -0.39 is 0 Å². The van der Waals surface area contributed by atoms with Crippen LogP contribution in [-0.2, 0) is 10.6 Å². The van der Waals surface area contributed by atoms with Gasteiger partial charge in [0.25, 0.3) is 0 Å². The molecule has 0 atom stereocenters. The Bertz CT molecular complexity index is 327. The highest BCUT2D eigenvalue weighted by Crippen LogP contribution is 2.20. The highest BCUT2D eigenvalue weighted by atomic mass is 35.5. The molecule has 0 spiro atoms. The summed E-state index contributed by atoms with van der Waals surface area (Å²) in [6.07, 6.45) is 3.88. The summed E-state index contributed by atoms with van der Waals surface area (Å²) in [7, 11) is 0. The molecular weight excluding hydrogens is 226 g/mol. The maximum Gasteiger partial charge on any atom is 0.217 e. The van der Waals surface area contributed by atoms with Crippen LogP contribution in [0.15, 0.2) is 18.3 Å². The lowest BCUT2D eigenvalue weighted by Gasteiger charge is -2.22. The zero-order valence-corrected chi connectivity index (χ0v) is 9.95. The number of alkyl halides is 1.